The molecule has 4 rings (SSSR count). The summed E-state index contributed by atoms with van der Waals surface area (Å²) in [5.41, 5.74) is 5.14. The standard InChI is InChI=1S/C27H26FN3O2S/c1-17-4-7-20-14-21(26(32)30-25(20)18(17)2)16-31(15-19-5-8-22(28)9-6-19)27(34)29-23-10-12-24(33-3)13-11-23/h4-14H,15-16H2,1-3H3,(H,29,34)(H,30,32). The maximum absolute atomic E-state index is 13.4. The summed E-state index contributed by atoms with van der Waals surface area (Å²) in [5, 5.41) is 4.65. The van der Waals surface area contributed by atoms with E-state index in [1.807, 2.05) is 61.2 Å². The topological polar surface area (TPSA) is 57.4 Å². The Morgan fingerprint density at radius 3 is 2.41 bits per heavy atom. The lowest BCUT2D eigenvalue weighted by Crippen LogP contribution is -2.35. The van der Waals surface area contributed by atoms with Crippen molar-refractivity contribution in [2.45, 2.75) is 26.9 Å². The molecule has 174 valence electrons. The Morgan fingerprint density at radius 1 is 1.03 bits per heavy atom. The smallest absolute Gasteiger partial charge is 0.253 e. The number of nitrogens with one attached hydrogen (secondary N) is 2. The molecule has 0 spiro atoms. The van der Waals surface area contributed by atoms with Crippen LogP contribution in [-0.4, -0.2) is 22.1 Å². The zero-order valence-electron chi connectivity index (χ0n) is 19.3. The minimum atomic E-state index is -0.300. The van der Waals surface area contributed by atoms with Crippen LogP contribution in [0.2, 0.25) is 0 Å². The number of ether oxygens (including phenoxy) is 1. The summed E-state index contributed by atoms with van der Waals surface area (Å²) in [5.74, 6) is 0.443. The van der Waals surface area contributed by atoms with E-state index in [2.05, 4.69) is 10.3 Å². The van der Waals surface area contributed by atoms with E-state index in [9.17, 15) is 9.18 Å². The monoisotopic (exact) mass is 475 g/mol. The Bertz CT molecular complexity index is 1380. The number of halogens is 1. The largest absolute Gasteiger partial charge is 0.497 e. The normalized spacial score (nSPS) is 10.8. The lowest BCUT2D eigenvalue weighted by Gasteiger charge is -2.26. The number of methoxy groups -OCH3 is 1. The van der Waals surface area contributed by atoms with Gasteiger partial charge in [0.1, 0.15) is 11.6 Å². The average molecular weight is 476 g/mol. The first-order chi connectivity index (χ1) is 16.3. The molecule has 1 aromatic heterocycles. The molecule has 0 saturated carbocycles. The van der Waals surface area contributed by atoms with Crippen LogP contribution in [0, 0.1) is 19.7 Å². The molecule has 0 unspecified atom stereocenters. The molecule has 4 aromatic rings. The van der Waals surface area contributed by atoms with Crippen molar-refractivity contribution < 1.29 is 9.13 Å². The number of rotatable bonds is 6. The van der Waals surface area contributed by atoms with Crippen molar-refractivity contribution in [3.63, 3.8) is 0 Å². The van der Waals surface area contributed by atoms with Gasteiger partial charge in [-0.1, -0.05) is 24.3 Å². The van der Waals surface area contributed by atoms with Gasteiger partial charge in [-0.3, -0.25) is 4.79 Å². The van der Waals surface area contributed by atoms with Crippen molar-refractivity contribution in [2.24, 2.45) is 0 Å². The quantitative estimate of drug-likeness (QED) is 0.351. The molecule has 0 atom stereocenters. The van der Waals surface area contributed by atoms with Crippen molar-refractivity contribution in [2.75, 3.05) is 12.4 Å². The second kappa shape index (κ2) is 10.1. The van der Waals surface area contributed by atoms with Gasteiger partial charge in [0.05, 0.1) is 19.2 Å². The lowest BCUT2D eigenvalue weighted by molar-refractivity contribution is 0.410. The average Bonchev–Trinajstić information content (AvgIpc) is 2.84. The number of anilines is 1. The van der Waals surface area contributed by atoms with Gasteiger partial charge >= 0.3 is 0 Å². The molecule has 0 saturated heterocycles. The van der Waals surface area contributed by atoms with Crippen molar-refractivity contribution in [1.29, 1.82) is 0 Å². The second-order valence-electron chi connectivity index (χ2n) is 8.24. The molecule has 0 amide bonds. The molecule has 2 N–H and O–H groups in total. The highest BCUT2D eigenvalue weighted by molar-refractivity contribution is 7.80. The number of hydrogen-bond acceptors (Lipinski definition) is 3. The highest BCUT2D eigenvalue weighted by Crippen LogP contribution is 2.21. The third-order valence-corrected chi connectivity index (χ3v) is 6.26. The van der Waals surface area contributed by atoms with Crippen LogP contribution in [0.25, 0.3) is 10.9 Å². The van der Waals surface area contributed by atoms with Crippen molar-refractivity contribution >= 4 is 33.9 Å². The predicted octanol–water partition coefficient (Wildman–Crippen LogP) is 5.69. The van der Waals surface area contributed by atoms with Crippen LogP contribution < -0.4 is 15.6 Å². The molecular weight excluding hydrogens is 449 g/mol. The van der Waals surface area contributed by atoms with E-state index in [0.717, 1.165) is 39.0 Å². The maximum Gasteiger partial charge on any atom is 0.253 e. The summed E-state index contributed by atoms with van der Waals surface area (Å²) < 4.78 is 18.6. The van der Waals surface area contributed by atoms with Gasteiger partial charge in [0, 0.05) is 17.8 Å². The maximum atomic E-state index is 13.4. The molecule has 5 nitrogen and oxygen atoms in total. The van der Waals surface area contributed by atoms with Crippen molar-refractivity contribution in [3.05, 3.63) is 105 Å². The Balaban J connectivity index is 1.65. The summed E-state index contributed by atoms with van der Waals surface area (Å²) in [7, 11) is 1.61. The van der Waals surface area contributed by atoms with Gasteiger partial charge in [0.2, 0.25) is 0 Å². The number of benzene rings is 3. The number of aromatic nitrogens is 1. The fourth-order valence-corrected chi connectivity index (χ4v) is 4.03. The molecule has 0 radical (unpaired) electrons. The minimum absolute atomic E-state index is 0.155. The summed E-state index contributed by atoms with van der Waals surface area (Å²) in [6.45, 7) is 4.72. The zero-order valence-corrected chi connectivity index (χ0v) is 20.1. The molecule has 0 aliphatic heterocycles. The molecule has 0 fully saturated rings. The van der Waals surface area contributed by atoms with E-state index in [0.29, 0.717) is 17.2 Å². The molecule has 7 heteroatoms. The minimum Gasteiger partial charge on any atom is -0.497 e. The Morgan fingerprint density at radius 2 is 1.74 bits per heavy atom. The second-order valence-corrected chi connectivity index (χ2v) is 8.62. The van der Waals surface area contributed by atoms with Gasteiger partial charge in [-0.05, 0) is 90.6 Å². The highest BCUT2D eigenvalue weighted by Gasteiger charge is 2.15. The fraction of sp³-hybridized carbons (Fsp3) is 0.185. The molecule has 0 aliphatic carbocycles. The van der Waals surface area contributed by atoms with E-state index in [-0.39, 0.29) is 17.9 Å². The van der Waals surface area contributed by atoms with Crippen LogP contribution >= 0.6 is 12.2 Å². The fourth-order valence-electron chi connectivity index (χ4n) is 3.78. The summed E-state index contributed by atoms with van der Waals surface area (Å²) in [6.07, 6.45) is 0. The molecule has 1 heterocycles. The van der Waals surface area contributed by atoms with Crippen LogP contribution in [0.1, 0.15) is 22.3 Å². The number of aryl methyl sites for hydroxylation is 2. The predicted molar refractivity (Wildman–Crippen MR) is 139 cm³/mol. The Kier molecular flexibility index (Phi) is 6.93. The van der Waals surface area contributed by atoms with Crippen LogP contribution in [-0.2, 0) is 13.1 Å². The molecule has 0 bridgehead atoms. The summed E-state index contributed by atoms with van der Waals surface area (Å²) >= 11 is 5.72. The molecule has 0 aliphatic rings. The first-order valence-electron chi connectivity index (χ1n) is 10.9. The number of pyridine rings is 1. The first-order valence-corrected chi connectivity index (χ1v) is 11.3. The van der Waals surface area contributed by atoms with E-state index in [4.69, 9.17) is 17.0 Å². The zero-order chi connectivity index (χ0) is 24.2. The van der Waals surface area contributed by atoms with Crippen molar-refractivity contribution in [1.82, 2.24) is 9.88 Å². The SMILES string of the molecule is COc1ccc(NC(=S)N(Cc2ccc(F)cc2)Cc2cc3ccc(C)c(C)c3[nH]c2=O)cc1. The lowest BCUT2D eigenvalue weighted by atomic mass is 10.0. The van der Waals surface area contributed by atoms with Crippen molar-refractivity contribution in [3.8, 4) is 5.75 Å². The van der Waals surface area contributed by atoms with E-state index in [1.165, 1.54) is 12.1 Å². The Labute approximate surface area is 203 Å². The number of thiocarbonyl (C=S) groups is 1. The van der Waals surface area contributed by atoms with Gasteiger partial charge in [-0.15, -0.1) is 0 Å². The van der Waals surface area contributed by atoms with Gasteiger partial charge < -0.3 is 19.9 Å². The van der Waals surface area contributed by atoms with E-state index >= 15 is 0 Å². The highest BCUT2D eigenvalue weighted by atomic mass is 32.1. The summed E-state index contributed by atoms with van der Waals surface area (Å²) in [4.78, 5) is 17.9. The van der Waals surface area contributed by atoms with E-state index < -0.39 is 0 Å². The third kappa shape index (κ3) is 5.26. The van der Waals surface area contributed by atoms with Gasteiger partial charge in [0.15, 0.2) is 5.11 Å². The van der Waals surface area contributed by atoms with Crippen LogP contribution in [0.3, 0.4) is 0 Å². The third-order valence-electron chi connectivity index (χ3n) is 5.90. The van der Waals surface area contributed by atoms with Crippen LogP contribution in [0.5, 0.6) is 5.75 Å². The first kappa shape index (κ1) is 23.4. The number of nitrogens with zero attached hydrogens (tertiary/aromatic N) is 1. The van der Waals surface area contributed by atoms with Crippen LogP contribution in [0.15, 0.2) is 71.5 Å². The molecule has 3 aromatic carbocycles. The van der Waals surface area contributed by atoms with Gasteiger partial charge in [-0.25, -0.2) is 4.39 Å². The molecular formula is C27H26FN3O2S. The van der Waals surface area contributed by atoms with E-state index in [1.54, 1.807) is 19.2 Å². The number of aromatic amines is 1. The number of hydrogen-bond donors (Lipinski definition) is 2. The van der Waals surface area contributed by atoms with Crippen LogP contribution in [0.4, 0.5) is 10.1 Å². The Hall–Kier alpha value is -3.71. The number of fused-ring (bicyclic) bond motifs is 1. The van der Waals surface area contributed by atoms with Gasteiger partial charge in [0.25, 0.3) is 5.56 Å². The number of H-pyrrole nitrogens is 1. The molecule has 34 heavy (non-hydrogen) atoms. The summed E-state index contributed by atoms with van der Waals surface area (Å²) in [6, 6.07) is 19.7. The van der Waals surface area contributed by atoms with Gasteiger partial charge in [-0.2, -0.15) is 0 Å².